The van der Waals surface area contributed by atoms with Gasteiger partial charge in [0.05, 0.1) is 12.2 Å². The molecule has 0 aromatic rings. The van der Waals surface area contributed by atoms with Crippen LogP contribution in [0, 0.1) is 5.92 Å². The average Bonchev–Trinajstić information content (AvgIpc) is 2.40. The van der Waals surface area contributed by atoms with E-state index in [0.717, 1.165) is 32.2 Å². The Kier molecular flexibility index (Phi) is 5.93. The van der Waals surface area contributed by atoms with Crippen molar-refractivity contribution in [2.24, 2.45) is 5.92 Å². The molecular weight excluding hydrogens is 226 g/mol. The highest BCUT2D eigenvalue weighted by atomic mass is 16.5. The molecule has 0 aromatic carbocycles. The lowest BCUT2D eigenvalue weighted by atomic mass is 9.75. The lowest BCUT2D eigenvalue weighted by Crippen LogP contribution is -2.42. The summed E-state index contributed by atoms with van der Waals surface area (Å²) < 4.78 is 11.2. The molecule has 0 amide bonds. The predicted octanol–water partition coefficient (Wildman–Crippen LogP) is 2.74. The van der Waals surface area contributed by atoms with E-state index in [2.05, 4.69) is 5.32 Å². The fourth-order valence-electron chi connectivity index (χ4n) is 3.53. The second kappa shape index (κ2) is 7.46. The van der Waals surface area contributed by atoms with E-state index in [1.807, 2.05) is 0 Å². The van der Waals surface area contributed by atoms with Gasteiger partial charge in [0.2, 0.25) is 0 Å². The van der Waals surface area contributed by atoms with E-state index in [0.29, 0.717) is 0 Å². The number of nitrogens with one attached hydrogen (secondary N) is 1. The van der Waals surface area contributed by atoms with Crippen molar-refractivity contribution in [1.29, 1.82) is 0 Å². The number of hydrogen-bond donors (Lipinski definition) is 1. The fourth-order valence-corrected chi connectivity index (χ4v) is 3.53. The van der Waals surface area contributed by atoms with E-state index in [1.54, 1.807) is 7.11 Å². The van der Waals surface area contributed by atoms with Crippen LogP contribution in [0.25, 0.3) is 0 Å². The van der Waals surface area contributed by atoms with E-state index in [4.69, 9.17) is 9.47 Å². The molecule has 18 heavy (non-hydrogen) atoms. The van der Waals surface area contributed by atoms with Crippen molar-refractivity contribution in [1.82, 2.24) is 5.32 Å². The molecule has 1 N–H and O–H groups in total. The molecule has 2 fully saturated rings. The summed E-state index contributed by atoms with van der Waals surface area (Å²) in [7, 11) is 1.76. The third kappa shape index (κ3) is 4.22. The molecule has 1 saturated carbocycles. The van der Waals surface area contributed by atoms with Gasteiger partial charge < -0.3 is 14.8 Å². The van der Waals surface area contributed by atoms with Crippen molar-refractivity contribution in [3.8, 4) is 0 Å². The number of ether oxygens (including phenoxy) is 2. The Bertz CT molecular complexity index is 221. The maximum Gasteiger partial charge on any atom is 0.0685 e. The van der Waals surface area contributed by atoms with Gasteiger partial charge in [0.1, 0.15) is 0 Å². The van der Waals surface area contributed by atoms with Crippen LogP contribution in [-0.2, 0) is 9.47 Å². The molecule has 1 atom stereocenters. The average molecular weight is 255 g/mol. The van der Waals surface area contributed by atoms with Gasteiger partial charge in [-0.2, -0.15) is 0 Å². The predicted molar refractivity (Wildman–Crippen MR) is 73.9 cm³/mol. The fraction of sp³-hybridized carbons (Fsp3) is 1.00. The largest absolute Gasteiger partial charge is 0.383 e. The van der Waals surface area contributed by atoms with Crippen LogP contribution in [0.4, 0.5) is 0 Å². The molecule has 0 aromatic heterocycles. The summed E-state index contributed by atoms with van der Waals surface area (Å²) in [5.74, 6) is 0.867. The van der Waals surface area contributed by atoms with E-state index in [-0.39, 0.29) is 5.60 Å². The summed E-state index contributed by atoms with van der Waals surface area (Å²) in [5, 5.41) is 3.46. The summed E-state index contributed by atoms with van der Waals surface area (Å²) in [5.41, 5.74) is 0.272. The zero-order valence-corrected chi connectivity index (χ0v) is 11.9. The molecule has 3 nitrogen and oxygen atoms in total. The van der Waals surface area contributed by atoms with Crippen LogP contribution in [0.15, 0.2) is 0 Å². The standard InChI is InChI=1S/C15H29NO2/c1-17-12-10-16-9-5-14-6-11-18-15(13-14)7-3-2-4-8-15/h14,16H,2-13H2,1H3. The molecule has 1 aliphatic heterocycles. The molecule has 1 unspecified atom stereocenters. The molecule has 2 rings (SSSR count). The zero-order valence-electron chi connectivity index (χ0n) is 11.9. The quantitative estimate of drug-likeness (QED) is 0.740. The van der Waals surface area contributed by atoms with Gasteiger partial charge in [-0.3, -0.25) is 0 Å². The first-order chi connectivity index (χ1) is 8.85. The van der Waals surface area contributed by atoms with E-state index in [1.165, 1.54) is 51.4 Å². The van der Waals surface area contributed by atoms with Crippen LogP contribution in [-0.4, -0.2) is 39.0 Å². The maximum absolute atomic E-state index is 6.14. The van der Waals surface area contributed by atoms with Crippen molar-refractivity contribution in [2.45, 2.75) is 57.0 Å². The monoisotopic (exact) mass is 255 g/mol. The van der Waals surface area contributed by atoms with Crippen LogP contribution in [0.5, 0.6) is 0 Å². The smallest absolute Gasteiger partial charge is 0.0685 e. The first-order valence-electron chi connectivity index (χ1n) is 7.68. The van der Waals surface area contributed by atoms with E-state index < -0.39 is 0 Å². The first-order valence-corrected chi connectivity index (χ1v) is 7.68. The van der Waals surface area contributed by atoms with Gasteiger partial charge in [-0.05, 0) is 44.6 Å². The Morgan fingerprint density at radius 2 is 2.06 bits per heavy atom. The van der Waals surface area contributed by atoms with Crippen LogP contribution < -0.4 is 5.32 Å². The van der Waals surface area contributed by atoms with Gasteiger partial charge in [0.25, 0.3) is 0 Å². The Morgan fingerprint density at radius 3 is 2.83 bits per heavy atom. The summed E-state index contributed by atoms with van der Waals surface area (Å²) in [4.78, 5) is 0. The number of rotatable bonds is 6. The molecular formula is C15H29NO2. The zero-order chi connectivity index (χ0) is 12.7. The van der Waals surface area contributed by atoms with Gasteiger partial charge in [0, 0.05) is 20.3 Å². The topological polar surface area (TPSA) is 30.5 Å². The van der Waals surface area contributed by atoms with Crippen molar-refractivity contribution >= 4 is 0 Å². The molecule has 3 heteroatoms. The van der Waals surface area contributed by atoms with Crippen molar-refractivity contribution in [3.63, 3.8) is 0 Å². The number of methoxy groups -OCH3 is 1. The Labute approximate surface area is 112 Å². The van der Waals surface area contributed by atoms with Crippen molar-refractivity contribution < 1.29 is 9.47 Å². The molecule has 2 aliphatic rings. The van der Waals surface area contributed by atoms with Gasteiger partial charge in [0.15, 0.2) is 0 Å². The van der Waals surface area contributed by atoms with Crippen LogP contribution in [0.1, 0.15) is 51.4 Å². The SMILES string of the molecule is COCCNCCC1CCOC2(CCCCC2)C1. The molecule has 1 heterocycles. The van der Waals surface area contributed by atoms with Gasteiger partial charge >= 0.3 is 0 Å². The summed E-state index contributed by atoms with van der Waals surface area (Å²) >= 11 is 0. The minimum atomic E-state index is 0.272. The van der Waals surface area contributed by atoms with Crippen LogP contribution in [0.2, 0.25) is 0 Å². The highest BCUT2D eigenvalue weighted by molar-refractivity contribution is 4.89. The van der Waals surface area contributed by atoms with Crippen molar-refractivity contribution in [3.05, 3.63) is 0 Å². The minimum Gasteiger partial charge on any atom is -0.383 e. The lowest BCUT2D eigenvalue weighted by molar-refractivity contribution is -0.118. The minimum absolute atomic E-state index is 0.272. The lowest BCUT2D eigenvalue weighted by Gasteiger charge is -2.43. The highest BCUT2D eigenvalue weighted by Crippen LogP contribution is 2.41. The Morgan fingerprint density at radius 1 is 1.22 bits per heavy atom. The maximum atomic E-state index is 6.14. The van der Waals surface area contributed by atoms with Gasteiger partial charge in [-0.1, -0.05) is 19.3 Å². The van der Waals surface area contributed by atoms with E-state index in [9.17, 15) is 0 Å². The number of hydrogen-bond acceptors (Lipinski definition) is 3. The summed E-state index contributed by atoms with van der Waals surface area (Å²) in [6.45, 7) is 3.91. The second-order valence-electron chi connectivity index (χ2n) is 5.98. The third-order valence-electron chi connectivity index (χ3n) is 4.57. The highest BCUT2D eigenvalue weighted by Gasteiger charge is 2.37. The molecule has 0 bridgehead atoms. The third-order valence-corrected chi connectivity index (χ3v) is 4.57. The normalized spacial score (nSPS) is 27.5. The van der Waals surface area contributed by atoms with Crippen LogP contribution >= 0.6 is 0 Å². The molecule has 1 saturated heterocycles. The molecule has 1 spiro atoms. The molecule has 1 aliphatic carbocycles. The second-order valence-corrected chi connectivity index (χ2v) is 5.98. The van der Waals surface area contributed by atoms with Crippen LogP contribution in [0.3, 0.4) is 0 Å². The van der Waals surface area contributed by atoms with Gasteiger partial charge in [-0.15, -0.1) is 0 Å². The summed E-state index contributed by atoms with van der Waals surface area (Å²) in [6.07, 6.45) is 10.6. The van der Waals surface area contributed by atoms with Gasteiger partial charge in [-0.25, -0.2) is 0 Å². The summed E-state index contributed by atoms with van der Waals surface area (Å²) in [6, 6.07) is 0. The van der Waals surface area contributed by atoms with Crippen molar-refractivity contribution in [2.75, 3.05) is 33.4 Å². The molecule has 0 radical (unpaired) electrons. The Balaban J connectivity index is 1.66. The Hall–Kier alpha value is -0.120. The molecule has 106 valence electrons. The van der Waals surface area contributed by atoms with E-state index >= 15 is 0 Å². The first kappa shape index (κ1) is 14.3.